The fourth-order valence-corrected chi connectivity index (χ4v) is 6.46. The first-order chi connectivity index (χ1) is 19.0. The van der Waals surface area contributed by atoms with E-state index in [-0.39, 0.29) is 16.6 Å². The van der Waals surface area contributed by atoms with Crippen molar-refractivity contribution in [2.45, 2.75) is 43.1 Å². The third-order valence-corrected chi connectivity index (χ3v) is 8.90. The van der Waals surface area contributed by atoms with E-state index >= 15 is 0 Å². The lowest BCUT2D eigenvalue weighted by Gasteiger charge is -2.26. The zero-order valence-electron chi connectivity index (χ0n) is 21.6. The van der Waals surface area contributed by atoms with Crippen LogP contribution < -0.4 is 5.32 Å². The van der Waals surface area contributed by atoms with Crippen molar-refractivity contribution in [2.24, 2.45) is 0 Å². The number of sulfonamides is 1. The van der Waals surface area contributed by atoms with Crippen LogP contribution in [0.1, 0.15) is 37.7 Å². The summed E-state index contributed by atoms with van der Waals surface area (Å²) in [6.45, 7) is 2.03. The van der Waals surface area contributed by atoms with Crippen LogP contribution in [0, 0.1) is 11.3 Å². The van der Waals surface area contributed by atoms with Gasteiger partial charge in [-0.05, 0) is 56.0 Å². The molecule has 1 amide bonds. The number of aromatic nitrogens is 2. The second-order valence-electron chi connectivity index (χ2n) is 9.72. The van der Waals surface area contributed by atoms with E-state index in [9.17, 15) is 18.5 Å². The Morgan fingerprint density at radius 1 is 1.10 bits per heavy atom. The van der Waals surface area contributed by atoms with Crippen LogP contribution in [0.25, 0.3) is 23.0 Å². The molecule has 2 fully saturated rings. The number of hydrogen-bond donors (Lipinski definition) is 1. The Labute approximate surface area is 228 Å². The summed E-state index contributed by atoms with van der Waals surface area (Å²) in [5.41, 5.74) is 2.28. The minimum absolute atomic E-state index is 0.0464. The molecule has 3 heterocycles. The second kappa shape index (κ2) is 11.9. The summed E-state index contributed by atoms with van der Waals surface area (Å²) in [7, 11) is -3.65. The van der Waals surface area contributed by atoms with E-state index in [0.717, 1.165) is 37.8 Å². The number of nitriles is 1. The Morgan fingerprint density at radius 3 is 2.62 bits per heavy atom. The molecule has 0 aliphatic carbocycles. The molecular weight excluding hydrogens is 514 g/mol. The Morgan fingerprint density at radius 2 is 1.90 bits per heavy atom. The minimum atomic E-state index is -3.65. The zero-order chi connectivity index (χ0) is 27.2. The number of para-hydroxylation sites is 1. The quantitative estimate of drug-likeness (QED) is 0.339. The smallest absolute Gasteiger partial charge is 0.262 e. The molecule has 5 rings (SSSR count). The Bertz CT molecular complexity index is 1500. The first-order valence-electron chi connectivity index (χ1n) is 13.2. The average Bonchev–Trinajstić information content (AvgIpc) is 3.66. The predicted octanol–water partition coefficient (Wildman–Crippen LogP) is 3.92. The summed E-state index contributed by atoms with van der Waals surface area (Å²) in [5.74, 6) is -0.493. The van der Waals surface area contributed by atoms with Gasteiger partial charge in [-0.25, -0.2) is 13.1 Å². The molecule has 1 aromatic heterocycles. The van der Waals surface area contributed by atoms with Crippen LogP contribution in [-0.4, -0.2) is 60.8 Å². The number of nitrogens with zero attached hydrogens (tertiary/aromatic N) is 4. The molecule has 1 N–H and O–H groups in total. The van der Waals surface area contributed by atoms with Crippen LogP contribution in [0.5, 0.6) is 0 Å². The van der Waals surface area contributed by atoms with E-state index in [1.807, 2.05) is 36.4 Å². The number of carbonyl (C=O) groups is 1. The fourth-order valence-electron chi connectivity index (χ4n) is 4.90. The van der Waals surface area contributed by atoms with Crippen LogP contribution in [0.3, 0.4) is 0 Å². The zero-order valence-corrected chi connectivity index (χ0v) is 22.4. The summed E-state index contributed by atoms with van der Waals surface area (Å²) in [5, 5.41) is 17.3. The van der Waals surface area contributed by atoms with Gasteiger partial charge in [-0.1, -0.05) is 36.8 Å². The molecule has 0 radical (unpaired) electrons. The third-order valence-electron chi connectivity index (χ3n) is 7.00. The van der Waals surface area contributed by atoms with Crippen molar-refractivity contribution in [3.05, 3.63) is 71.9 Å². The number of rotatable bonds is 8. The van der Waals surface area contributed by atoms with Gasteiger partial charge in [0.2, 0.25) is 10.0 Å². The molecule has 2 aliphatic heterocycles. The molecule has 2 saturated heterocycles. The minimum Gasteiger partial charge on any atom is -0.376 e. The summed E-state index contributed by atoms with van der Waals surface area (Å²) in [6.07, 6.45) is 7.74. The number of carbonyl (C=O) groups excluding carboxylic acids is 1. The van der Waals surface area contributed by atoms with E-state index in [2.05, 4.69) is 5.32 Å². The largest absolute Gasteiger partial charge is 0.376 e. The van der Waals surface area contributed by atoms with Gasteiger partial charge in [0.1, 0.15) is 17.3 Å². The molecule has 39 heavy (non-hydrogen) atoms. The molecule has 202 valence electrons. The van der Waals surface area contributed by atoms with E-state index in [1.165, 1.54) is 10.4 Å². The molecule has 3 aromatic rings. The third kappa shape index (κ3) is 6.11. The molecule has 0 bridgehead atoms. The number of benzene rings is 2. The van der Waals surface area contributed by atoms with Crippen molar-refractivity contribution in [2.75, 3.05) is 26.2 Å². The van der Waals surface area contributed by atoms with Gasteiger partial charge >= 0.3 is 0 Å². The van der Waals surface area contributed by atoms with Crippen molar-refractivity contribution in [1.82, 2.24) is 19.4 Å². The lowest BCUT2D eigenvalue weighted by Crippen LogP contribution is -2.35. The Hall–Kier alpha value is -3.78. The number of ether oxygens (including phenoxy) is 1. The van der Waals surface area contributed by atoms with Gasteiger partial charge in [0.05, 0.1) is 16.7 Å². The highest BCUT2D eigenvalue weighted by Crippen LogP contribution is 2.29. The lowest BCUT2D eigenvalue weighted by atomic mass is 10.1. The van der Waals surface area contributed by atoms with Gasteiger partial charge < -0.3 is 10.1 Å². The first-order valence-corrected chi connectivity index (χ1v) is 14.7. The Balaban J connectivity index is 1.51. The molecule has 0 spiro atoms. The van der Waals surface area contributed by atoms with E-state index in [4.69, 9.17) is 9.84 Å². The maximum absolute atomic E-state index is 13.4. The molecule has 9 nitrogen and oxygen atoms in total. The lowest BCUT2D eigenvalue weighted by molar-refractivity contribution is -0.117. The highest BCUT2D eigenvalue weighted by molar-refractivity contribution is 7.89. The molecule has 0 unspecified atom stereocenters. The maximum atomic E-state index is 13.4. The number of piperidine rings is 1. The molecule has 1 atom stereocenters. The highest BCUT2D eigenvalue weighted by Gasteiger charge is 2.27. The van der Waals surface area contributed by atoms with Crippen LogP contribution in [0.4, 0.5) is 0 Å². The molecule has 0 saturated carbocycles. The SMILES string of the molecule is N#C/C(=C\c1cn(-c2ccccc2)nc1-c1cccc(S(=O)(=O)N2CCCCC2)c1)C(=O)NC[C@@H]1CCCO1. The predicted molar refractivity (Wildman–Crippen MR) is 147 cm³/mol. The normalized spacial score (nSPS) is 18.5. The maximum Gasteiger partial charge on any atom is 0.262 e. The van der Waals surface area contributed by atoms with Crippen LogP contribution >= 0.6 is 0 Å². The molecular formula is C29H31N5O4S. The van der Waals surface area contributed by atoms with Crippen molar-refractivity contribution in [3.63, 3.8) is 0 Å². The second-order valence-corrected chi connectivity index (χ2v) is 11.7. The topological polar surface area (TPSA) is 117 Å². The van der Waals surface area contributed by atoms with Gasteiger partial charge in [-0.2, -0.15) is 14.7 Å². The van der Waals surface area contributed by atoms with Gasteiger partial charge in [-0.15, -0.1) is 0 Å². The van der Waals surface area contributed by atoms with E-state index in [0.29, 0.717) is 43.1 Å². The van der Waals surface area contributed by atoms with Gasteiger partial charge in [0, 0.05) is 43.6 Å². The van der Waals surface area contributed by atoms with Gasteiger partial charge in [0.15, 0.2) is 0 Å². The molecule has 2 aliphatic rings. The Kier molecular flexibility index (Phi) is 8.21. The van der Waals surface area contributed by atoms with E-state index in [1.54, 1.807) is 35.1 Å². The van der Waals surface area contributed by atoms with Crippen LogP contribution in [0.2, 0.25) is 0 Å². The highest BCUT2D eigenvalue weighted by atomic mass is 32.2. The van der Waals surface area contributed by atoms with Crippen molar-refractivity contribution >= 4 is 22.0 Å². The van der Waals surface area contributed by atoms with Gasteiger partial charge in [0.25, 0.3) is 5.91 Å². The van der Waals surface area contributed by atoms with Crippen LogP contribution in [-0.2, 0) is 19.6 Å². The standard InChI is InChI=1S/C29H31N5O4S/c30-19-23(29(35)31-20-26-12-8-16-38-26)17-24-21-34(25-10-3-1-4-11-25)32-28(24)22-9-7-13-27(18-22)39(36,37)33-14-5-2-6-15-33/h1,3-4,7,9-11,13,17-18,21,26H,2,5-6,8,12,14-16,20H2,(H,31,35)/b23-17+/t26-/m0/s1. The van der Waals surface area contributed by atoms with Gasteiger partial charge in [-0.3, -0.25) is 4.79 Å². The summed E-state index contributed by atoms with van der Waals surface area (Å²) < 4.78 is 35.5. The number of amides is 1. The summed E-state index contributed by atoms with van der Waals surface area (Å²) >= 11 is 0. The molecule has 2 aromatic carbocycles. The summed E-state index contributed by atoms with van der Waals surface area (Å²) in [6, 6.07) is 18.1. The van der Waals surface area contributed by atoms with Crippen molar-refractivity contribution in [3.8, 4) is 23.0 Å². The number of hydrogen-bond acceptors (Lipinski definition) is 6. The van der Waals surface area contributed by atoms with E-state index < -0.39 is 15.9 Å². The monoisotopic (exact) mass is 545 g/mol. The first kappa shape index (κ1) is 26.8. The van der Waals surface area contributed by atoms with Crippen LogP contribution in [0.15, 0.2) is 71.3 Å². The molecule has 10 heteroatoms. The summed E-state index contributed by atoms with van der Waals surface area (Å²) in [4.78, 5) is 13.0. The average molecular weight is 546 g/mol. The van der Waals surface area contributed by atoms with Crippen molar-refractivity contribution < 1.29 is 17.9 Å². The number of nitrogens with one attached hydrogen (secondary N) is 1. The fraction of sp³-hybridized carbons (Fsp3) is 0.345. The van der Waals surface area contributed by atoms with Crippen molar-refractivity contribution in [1.29, 1.82) is 5.26 Å².